The van der Waals surface area contributed by atoms with Gasteiger partial charge in [0, 0.05) is 37.7 Å². The van der Waals surface area contributed by atoms with Crippen molar-refractivity contribution < 1.29 is 26.3 Å². The topological polar surface area (TPSA) is 93.2 Å². The molecule has 2 aromatic carbocycles. The number of hydrogen-bond acceptors (Lipinski definition) is 6. The summed E-state index contributed by atoms with van der Waals surface area (Å²) in [6.07, 6.45) is 1.54. The highest BCUT2D eigenvalue weighted by Gasteiger charge is 2.32. The molecule has 2 aliphatic rings. The summed E-state index contributed by atoms with van der Waals surface area (Å²) in [5.74, 6) is 0.913. The molecule has 2 aromatic rings. The van der Waals surface area contributed by atoms with Gasteiger partial charge in [0.05, 0.1) is 4.90 Å². The van der Waals surface area contributed by atoms with E-state index in [1.165, 1.54) is 26.8 Å². The molecule has 0 N–H and O–H groups in total. The van der Waals surface area contributed by atoms with E-state index in [2.05, 4.69) is 0 Å². The standard InChI is InChI=1S/C20H22N2O6S2/c23-29(24,15-8-17-4-2-1-3-5-17)21-9-11-22(12-10-21)30(25,26)18-6-7-19-20(16-18)28-14-13-27-19/h1-8,15-16H,9-14H2. The number of nitrogens with zero attached hydrogens (tertiary/aromatic N) is 2. The van der Waals surface area contributed by atoms with Crippen LogP contribution in [0.4, 0.5) is 0 Å². The lowest BCUT2D eigenvalue weighted by Gasteiger charge is -2.32. The average molecular weight is 451 g/mol. The largest absolute Gasteiger partial charge is 0.486 e. The number of ether oxygens (including phenoxy) is 2. The van der Waals surface area contributed by atoms with Crippen molar-refractivity contribution >= 4 is 26.1 Å². The van der Waals surface area contributed by atoms with Crippen molar-refractivity contribution in [3.63, 3.8) is 0 Å². The first-order chi connectivity index (χ1) is 14.4. The van der Waals surface area contributed by atoms with Crippen LogP contribution in [0.3, 0.4) is 0 Å². The van der Waals surface area contributed by atoms with Crippen molar-refractivity contribution in [1.82, 2.24) is 8.61 Å². The molecule has 2 aliphatic heterocycles. The number of rotatable bonds is 5. The molecule has 0 bridgehead atoms. The lowest BCUT2D eigenvalue weighted by atomic mass is 10.2. The van der Waals surface area contributed by atoms with Gasteiger partial charge >= 0.3 is 0 Å². The molecule has 4 rings (SSSR count). The smallest absolute Gasteiger partial charge is 0.243 e. The van der Waals surface area contributed by atoms with E-state index in [1.807, 2.05) is 30.3 Å². The summed E-state index contributed by atoms with van der Waals surface area (Å²) in [5, 5.41) is 1.16. The first kappa shape index (κ1) is 20.9. The van der Waals surface area contributed by atoms with E-state index in [-0.39, 0.29) is 31.1 Å². The first-order valence-electron chi connectivity index (χ1n) is 9.49. The molecular weight excluding hydrogens is 428 g/mol. The third-order valence-corrected chi connectivity index (χ3v) is 8.40. The Balaban J connectivity index is 1.44. The van der Waals surface area contributed by atoms with Gasteiger partial charge in [-0.15, -0.1) is 0 Å². The van der Waals surface area contributed by atoms with Crippen molar-refractivity contribution in [2.75, 3.05) is 39.4 Å². The number of piperazine rings is 1. The van der Waals surface area contributed by atoms with Crippen molar-refractivity contribution in [2.24, 2.45) is 0 Å². The molecule has 10 heteroatoms. The molecule has 0 unspecified atom stereocenters. The summed E-state index contributed by atoms with van der Waals surface area (Å²) in [4.78, 5) is 0.104. The Bertz CT molecular complexity index is 1140. The predicted molar refractivity (Wildman–Crippen MR) is 112 cm³/mol. The van der Waals surface area contributed by atoms with Gasteiger partial charge in [-0.05, 0) is 23.8 Å². The van der Waals surface area contributed by atoms with E-state index < -0.39 is 20.0 Å². The van der Waals surface area contributed by atoms with E-state index in [0.29, 0.717) is 24.7 Å². The fourth-order valence-electron chi connectivity index (χ4n) is 3.31. The minimum absolute atomic E-state index is 0.0786. The zero-order valence-corrected chi connectivity index (χ0v) is 17.8. The molecule has 0 aromatic heterocycles. The summed E-state index contributed by atoms with van der Waals surface area (Å²) in [5.41, 5.74) is 0.779. The minimum Gasteiger partial charge on any atom is -0.486 e. The lowest BCUT2D eigenvalue weighted by Crippen LogP contribution is -2.49. The first-order valence-corrected chi connectivity index (χ1v) is 12.4. The van der Waals surface area contributed by atoms with Gasteiger partial charge in [0.15, 0.2) is 11.5 Å². The van der Waals surface area contributed by atoms with Crippen molar-refractivity contribution in [3.05, 3.63) is 59.5 Å². The molecular formula is C20H22N2O6S2. The van der Waals surface area contributed by atoms with E-state index in [0.717, 1.165) is 11.0 Å². The maximum atomic E-state index is 13.0. The molecule has 0 atom stereocenters. The Labute approximate surface area is 176 Å². The van der Waals surface area contributed by atoms with Crippen LogP contribution in [0.1, 0.15) is 5.56 Å². The van der Waals surface area contributed by atoms with Crippen LogP contribution in [0.25, 0.3) is 6.08 Å². The molecule has 0 radical (unpaired) electrons. The summed E-state index contributed by atoms with van der Waals surface area (Å²) < 4.78 is 64.6. The number of benzene rings is 2. The number of hydrogen-bond donors (Lipinski definition) is 0. The van der Waals surface area contributed by atoms with Gasteiger partial charge in [0.1, 0.15) is 13.2 Å². The quantitative estimate of drug-likeness (QED) is 0.689. The monoisotopic (exact) mass is 450 g/mol. The highest BCUT2D eigenvalue weighted by Crippen LogP contribution is 2.33. The molecule has 30 heavy (non-hydrogen) atoms. The molecule has 0 amide bonds. The van der Waals surface area contributed by atoms with Gasteiger partial charge in [-0.25, -0.2) is 16.8 Å². The fourth-order valence-corrected chi connectivity index (χ4v) is 5.92. The van der Waals surface area contributed by atoms with Crippen molar-refractivity contribution in [3.8, 4) is 11.5 Å². The van der Waals surface area contributed by atoms with Crippen molar-refractivity contribution in [2.45, 2.75) is 4.90 Å². The lowest BCUT2D eigenvalue weighted by molar-refractivity contribution is 0.171. The Kier molecular flexibility index (Phi) is 5.83. The summed E-state index contributed by atoms with van der Waals surface area (Å²) in [6.45, 7) is 1.12. The fraction of sp³-hybridized carbons (Fsp3) is 0.300. The summed E-state index contributed by atoms with van der Waals surface area (Å²) in [7, 11) is -7.39. The molecule has 0 saturated carbocycles. The SMILES string of the molecule is O=S(=O)(C=Cc1ccccc1)N1CCN(S(=O)(=O)c2ccc3c(c2)OCCO3)CC1. The van der Waals surface area contributed by atoms with Crippen LogP contribution in [-0.2, 0) is 20.0 Å². The van der Waals surface area contributed by atoms with Crippen LogP contribution in [0.2, 0.25) is 0 Å². The normalized spacial score (nSPS) is 18.5. The highest BCUT2D eigenvalue weighted by molar-refractivity contribution is 7.92. The van der Waals surface area contributed by atoms with Gasteiger partial charge in [-0.3, -0.25) is 0 Å². The molecule has 1 fully saturated rings. The van der Waals surface area contributed by atoms with Gasteiger partial charge in [0.25, 0.3) is 0 Å². The summed E-state index contributed by atoms with van der Waals surface area (Å²) >= 11 is 0. The Hall–Kier alpha value is -2.40. The predicted octanol–water partition coefficient (Wildman–Crippen LogP) is 1.76. The van der Waals surface area contributed by atoms with Gasteiger partial charge < -0.3 is 9.47 Å². The Morgan fingerprint density at radius 3 is 2.10 bits per heavy atom. The second-order valence-electron chi connectivity index (χ2n) is 6.87. The number of sulfonamides is 2. The van der Waals surface area contributed by atoms with E-state index >= 15 is 0 Å². The van der Waals surface area contributed by atoms with E-state index in [1.54, 1.807) is 6.07 Å². The second kappa shape index (κ2) is 8.38. The maximum absolute atomic E-state index is 13.0. The molecule has 2 heterocycles. The molecule has 0 spiro atoms. The average Bonchev–Trinajstić information content (AvgIpc) is 2.78. The highest BCUT2D eigenvalue weighted by atomic mass is 32.2. The number of fused-ring (bicyclic) bond motifs is 1. The molecule has 8 nitrogen and oxygen atoms in total. The van der Waals surface area contributed by atoms with Crippen LogP contribution in [0.15, 0.2) is 58.8 Å². The van der Waals surface area contributed by atoms with Crippen LogP contribution >= 0.6 is 0 Å². The minimum atomic E-state index is -3.76. The Morgan fingerprint density at radius 1 is 0.767 bits per heavy atom. The van der Waals surface area contributed by atoms with Crippen LogP contribution in [0.5, 0.6) is 11.5 Å². The molecule has 160 valence electrons. The third-order valence-electron chi connectivity index (χ3n) is 4.94. The molecule has 0 aliphatic carbocycles. The third kappa shape index (κ3) is 4.36. The van der Waals surface area contributed by atoms with Gasteiger partial charge in [-0.1, -0.05) is 30.3 Å². The maximum Gasteiger partial charge on any atom is 0.243 e. The zero-order chi connectivity index (χ0) is 21.2. The molecule has 1 saturated heterocycles. The second-order valence-corrected chi connectivity index (χ2v) is 10.6. The van der Waals surface area contributed by atoms with Gasteiger partial charge in [-0.2, -0.15) is 8.61 Å². The van der Waals surface area contributed by atoms with Crippen LogP contribution < -0.4 is 9.47 Å². The summed E-state index contributed by atoms with van der Waals surface area (Å²) in [6, 6.07) is 13.6. The Morgan fingerprint density at radius 2 is 1.40 bits per heavy atom. The van der Waals surface area contributed by atoms with E-state index in [9.17, 15) is 16.8 Å². The zero-order valence-electron chi connectivity index (χ0n) is 16.2. The van der Waals surface area contributed by atoms with E-state index in [4.69, 9.17) is 9.47 Å². The van der Waals surface area contributed by atoms with Crippen LogP contribution in [0, 0.1) is 0 Å². The van der Waals surface area contributed by atoms with Crippen LogP contribution in [-0.4, -0.2) is 64.8 Å². The van der Waals surface area contributed by atoms with Gasteiger partial charge in [0.2, 0.25) is 20.0 Å². The van der Waals surface area contributed by atoms with Crippen molar-refractivity contribution in [1.29, 1.82) is 0 Å².